The number of hydrogen-bond donors (Lipinski definition) is 0. The van der Waals surface area contributed by atoms with Crippen molar-refractivity contribution in [1.29, 1.82) is 0 Å². The first-order valence-electron chi connectivity index (χ1n) is 8.90. The third kappa shape index (κ3) is 5.02. The maximum absolute atomic E-state index is 14.0. The van der Waals surface area contributed by atoms with Gasteiger partial charge in [0.05, 0.1) is 6.04 Å². The second kappa shape index (κ2) is 8.63. The largest absolute Gasteiger partial charge is 0.673 e. The van der Waals surface area contributed by atoms with E-state index in [4.69, 9.17) is 0 Å². The molecule has 31 heavy (non-hydrogen) atoms. The lowest BCUT2D eigenvalue weighted by Gasteiger charge is -2.08. The van der Waals surface area contributed by atoms with Crippen molar-refractivity contribution in [2.45, 2.75) is 25.3 Å². The number of fused-ring (bicyclic) bond motifs is 1. The van der Waals surface area contributed by atoms with E-state index >= 15 is 0 Å². The van der Waals surface area contributed by atoms with Crippen LogP contribution >= 0.6 is 0 Å². The van der Waals surface area contributed by atoms with Gasteiger partial charge < -0.3 is 17.3 Å². The SMILES string of the molecule is F[B-](F)(F)F.Fc1c(F)c(F)c(-n2c[n+]3c(n2)CC[C@@H]3Cc2ccccc2)c(F)c1F. The highest BCUT2D eigenvalue weighted by Crippen LogP contribution is 2.27. The summed E-state index contributed by atoms with van der Waals surface area (Å²) < 4.78 is 110. The first kappa shape index (κ1) is 22.7. The minimum atomic E-state index is -6.00. The monoisotopic (exact) mass is 453 g/mol. The number of benzene rings is 2. The molecule has 0 spiro atoms. The summed E-state index contributed by atoms with van der Waals surface area (Å²) in [5, 5.41) is 4.03. The Morgan fingerprint density at radius 2 is 1.39 bits per heavy atom. The van der Waals surface area contributed by atoms with Crippen LogP contribution in [0.15, 0.2) is 36.7 Å². The predicted octanol–water partition coefficient (Wildman–Crippen LogP) is 4.89. The van der Waals surface area contributed by atoms with E-state index in [1.807, 2.05) is 30.3 Å². The number of halogens is 9. The first-order valence-corrected chi connectivity index (χ1v) is 8.90. The van der Waals surface area contributed by atoms with E-state index in [9.17, 15) is 39.2 Å². The molecular formula is C18H13BF9N3. The van der Waals surface area contributed by atoms with Crippen molar-refractivity contribution in [3.63, 3.8) is 0 Å². The van der Waals surface area contributed by atoms with Crippen LogP contribution in [0.5, 0.6) is 0 Å². The van der Waals surface area contributed by atoms with Gasteiger partial charge in [-0.2, -0.15) is 8.78 Å². The zero-order chi connectivity index (χ0) is 22.9. The van der Waals surface area contributed by atoms with Crippen LogP contribution in [0.2, 0.25) is 0 Å². The molecule has 2 aromatic carbocycles. The summed E-state index contributed by atoms with van der Waals surface area (Å²) >= 11 is 0. The van der Waals surface area contributed by atoms with Crippen LogP contribution in [0.3, 0.4) is 0 Å². The molecule has 0 N–H and O–H groups in total. The minimum absolute atomic E-state index is 0.00224. The fourth-order valence-electron chi connectivity index (χ4n) is 3.29. The molecule has 13 heteroatoms. The van der Waals surface area contributed by atoms with E-state index in [-0.39, 0.29) is 6.04 Å². The summed E-state index contributed by atoms with van der Waals surface area (Å²) in [4.78, 5) is 0. The van der Waals surface area contributed by atoms with E-state index in [1.54, 1.807) is 4.57 Å². The highest BCUT2D eigenvalue weighted by Gasteiger charge is 2.36. The molecule has 0 unspecified atom stereocenters. The van der Waals surface area contributed by atoms with Crippen LogP contribution in [0, 0.1) is 29.1 Å². The van der Waals surface area contributed by atoms with Gasteiger partial charge >= 0.3 is 7.25 Å². The summed E-state index contributed by atoms with van der Waals surface area (Å²) in [6.45, 7) is 0. The van der Waals surface area contributed by atoms with E-state index in [0.29, 0.717) is 18.7 Å². The zero-order valence-electron chi connectivity index (χ0n) is 15.5. The maximum atomic E-state index is 14.0. The molecule has 166 valence electrons. The Labute approximate surface area is 169 Å². The van der Waals surface area contributed by atoms with Crippen molar-refractivity contribution in [1.82, 2.24) is 9.78 Å². The average molecular weight is 453 g/mol. The van der Waals surface area contributed by atoms with Gasteiger partial charge in [0, 0.05) is 17.9 Å². The van der Waals surface area contributed by atoms with E-state index in [2.05, 4.69) is 5.10 Å². The highest BCUT2D eigenvalue weighted by atomic mass is 19.5. The van der Waals surface area contributed by atoms with Crippen molar-refractivity contribution < 1.29 is 43.8 Å². The van der Waals surface area contributed by atoms with Crippen LogP contribution < -0.4 is 4.57 Å². The smallest absolute Gasteiger partial charge is 0.418 e. The van der Waals surface area contributed by atoms with Crippen molar-refractivity contribution in [2.24, 2.45) is 0 Å². The van der Waals surface area contributed by atoms with Gasteiger partial charge in [0.25, 0.3) is 5.82 Å². The molecule has 0 amide bonds. The molecule has 1 atom stereocenters. The Kier molecular flexibility index (Phi) is 6.32. The third-order valence-electron chi connectivity index (χ3n) is 4.58. The van der Waals surface area contributed by atoms with Gasteiger partial charge in [0.1, 0.15) is 0 Å². The van der Waals surface area contributed by atoms with E-state index in [1.165, 1.54) is 6.33 Å². The summed E-state index contributed by atoms with van der Waals surface area (Å²) in [6, 6.07) is 9.66. The molecule has 1 aromatic heterocycles. The fourth-order valence-corrected chi connectivity index (χ4v) is 3.29. The number of aryl methyl sites for hydroxylation is 1. The molecule has 0 radical (unpaired) electrons. The van der Waals surface area contributed by atoms with Crippen LogP contribution in [-0.2, 0) is 12.8 Å². The van der Waals surface area contributed by atoms with Crippen molar-refractivity contribution in [2.75, 3.05) is 0 Å². The molecule has 0 bridgehead atoms. The van der Waals surface area contributed by atoms with Crippen molar-refractivity contribution in [3.8, 4) is 5.69 Å². The maximum Gasteiger partial charge on any atom is 0.673 e. The molecule has 0 aliphatic carbocycles. The fraction of sp³-hybridized carbons (Fsp3) is 0.222. The second-order valence-electron chi connectivity index (χ2n) is 6.68. The molecule has 1 aliphatic heterocycles. The Hall–Kier alpha value is -2.99. The molecule has 0 saturated heterocycles. The molecule has 3 aromatic rings. The molecule has 0 fully saturated rings. The standard InChI is InChI=1S/C18H13F5N3.BF4/c19-13-14(20)16(22)18(17(23)15(13)21)26-9-25-11(6-7-12(25)24-26)8-10-4-2-1-3-5-10;2-1(3,4)5/h1-5,9,11H,6-8H2;/q+1;-1/t11-;/m1./s1. The first-order chi connectivity index (χ1) is 14.5. The number of hydrogen-bond acceptors (Lipinski definition) is 1. The molecule has 2 heterocycles. The number of aromatic nitrogens is 3. The predicted molar refractivity (Wildman–Crippen MR) is 91.2 cm³/mol. The van der Waals surface area contributed by atoms with Gasteiger partial charge in [-0.05, 0) is 12.0 Å². The van der Waals surface area contributed by atoms with Gasteiger partial charge in [-0.25, -0.2) is 17.7 Å². The van der Waals surface area contributed by atoms with E-state index in [0.717, 1.165) is 16.7 Å². The second-order valence-corrected chi connectivity index (χ2v) is 6.68. The lowest BCUT2D eigenvalue weighted by molar-refractivity contribution is -0.716. The van der Waals surface area contributed by atoms with Crippen molar-refractivity contribution >= 4 is 7.25 Å². The van der Waals surface area contributed by atoms with Crippen molar-refractivity contribution in [3.05, 3.63) is 77.1 Å². The van der Waals surface area contributed by atoms with Crippen LogP contribution in [0.4, 0.5) is 39.2 Å². The van der Waals surface area contributed by atoms with Crippen LogP contribution in [0.1, 0.15) is 23.9 Å². The van der Waals surface area contributed by atoms with Gasteiger partial charge in [-0.15, -0.1) is 0 Å². The lowest BCUT2D eigenvalue weighted by atomic mass is 10.0. The molecule has 3 nitrogen and oxygen atoms in total. The quantitative estimate of drug-likeness (QED) is 0.182. The number of nitrogens with zero attached hydrogens (tertiary/aromatic N) is 3. The average Bonchev–Trinajstić information content (AvgIpc) is 3.26. The number of rotatable bonds is 3. The zero-order valence-corrected chi connectivity index (χ0v) is 15.5. The summed E-state index contributed by atoms with van der Waals surface area (Å²) in [7, 11) is -6.00. The third-order valence-corrected chi connectivity index (χ3v) is 4.58. The Morgan fingerprint density at radius 1 is 0.871 bits per heavy atom. The molecule has 4 rings (SSSR count). The Bertz CT molecular complexity index is 1050. The molecule has 0 saturated carbocycles. The van der Waals surface area contributed by atoms with Crippen LogP contribution in [0.25, 0.3) is 5.69 Å². The Morgan fingerprint density at radius 3 is 1.94 bits per heavy atom. The van der Waals surface area contributed by atoms with Crippen LogP contribution in [-0.4, -0.2) is 17.0 Å². The van der Waals surface area contributed by atoms with Gasteiger partial charge in [-0.3, -0.25) is 0 Å². The summed E-state index contributed by atoms with van der Waals surface area (Å²) in [5.41, 5.74) is 0.0172. The normalized spacial score (nSPS) is 15.5. The van der Waals surface area contributed by atoms with Gasteiger partial charge in [0.15, 0.2) is 0 Å². The minimum Gasteiger partial charge on any atom is -0.418 e. The highest BCUT2D eigenvalue weighted by molar-refractivity contribution is 6.50. The molecular weight excluding hydrogens is 440 g/mol. The Balaban J connectivity index is 0.000000491. The summed E-state index contributed by atoms with van der Waals surface area (Å²) in [5.74, 6) is -9.42. The lowest BCUT2D eigenvalue weighted by Crippen LogP contribution is -2.37. The van der Waals surface area contributed by atoms with Gasteiger partial charge in [-0.1, -0.05) is 35.0 Å². The molecule has 1 aliphatic rings. The van der Waals surface area contributed by atoms with Gasteiger partial charge in [0.2, 0.25) is 41.1 Å². The topological polar surface area (TPSA) is 21.7 Å². The van der Waals surface area contributed by atoms with E-state index < -0.39 is 42.0 Å². The summed E-state index contributed by atoms with van der Waals surface area (Å²) in [6.07, 6.45) is 3.31.